The van der Waals surface area contributed by atoms with E-state index in [1.54, 1.807) is 42.6 Å². The van der Waals surface area contributed by atoms with Gasteiger partial charge < -0.3 is 14.6 Å². The molecule has 1 aromatic heterocycles. The summed E-state index contributed by atoms with van der Waals surface area (Å²) in [5.74, 6) is -0.685. The first-order valence-corrected chi connectivity index (χ1v) is 9.96. The van der Waals surface area contributed by atoms with Crippen LogP contribution >= 0.6 is 11.6 Å². The van der Waals surface area contributed by atoms with Crippen LogP contribution < -0.4 is 10.7 Å². The molecule has 0 radical (unpaired) electrons. The number of hydrogen-bond donors (Lipinski definition) is 2. The van der Waals surface area contributed by atoms with Crippen LogP contribution in [0.2, 0.25) is 5.02 Å². The van der Waals surface area contributed by atoms with Gasteiger partial charge in [0.05, 0.1) is 31.1 Å². The van der Waals surface area contributed by atoms with Gasteiger partial charge in [-0.15, -0.1) is 0 Å². The average molecular weight is 439 g/mol. The Bertz CT molecular complexity index is 1120. The summed E-state index contributed by atoms with van der Waals surface area (Å²) in [5.41, 5.74) is 7.11. The maximum atomic E-state index is 12.1. The maximum absolute atomic E-state index is 12.1. The van der Waals surface area contributed by atoms with Crippen molar-refractivity contribution in [3.63, 3.8) is 0 Å². The number of esters is 1. The van der Waals surface area contributed by atoms with Crippen LogP contribution in [0.5, 0.6) is 0 Å². The molecule has 1 amide bonds. The summed E-state index contributed by atoms with van der Waals surface area (Å²) in [6.07, 6.45) is 1.58. The van der Waals surface area contributed by atoms with Gasteiger partial charge in [-0.05, 0) is 56.3 Å². The largest absolute Gasteiger partial charge is 0.465 e. The summed E-state index contributed by atoms with van der Waals surface area (Å²) in [4.78, 5) is 24.2. The highest BCUT2D eigenvalue weighted by atomic mass is 35.5. The van der Waals surface area contributed by atoms with Crippen LogP contribution in [0.1, 0.15) is 27.3 Å². The van der Waals surface area contributed by atoms with E-state index >= 15 is 0 Å². The van der Waals surface area contributed by atoms with Gasteiger partial charge in [0.2, 0.25) is 0 Å². The number of nitrogens with zero attached hydrogens (tertiary/aromatic N) is 2. The topological polar surface area (TPSA) is 84.7 Å². The molecule has 0 aliphatic heterocycles. The molecule has 1 heterocycles. The van der Waals surface area contributed by atoms with Crippen LogP contribution in [0.25, 0.3) is 5.69 Å². The number of methoxy groups -OCH3 is 1. The number of rotatable bonds is 7. The standard InChI is InChI=1S/C23H23ClN4O3/c1-15-12-17(13-26-27-22(29)14-25-19-10-8-18(24)9-11-19)16(2)28(15)21-7-5-4-6-20(21)23(30)31-3/h4-13,25H,14H2,1-3H3,(H,27,29)/b26-13-. The Labute approximate surface area is 185 Å². The van der Waals surface area contributed by atoms with Crippen molar-refractivity contribution in [1.29, 1.82) is 0 Å². The van der Waals surface area contributed by atoms with Crippen LogP contribution in [0, 0.1) is 13.8 Å². The second-order valence-corrected chi connectivity index (χ2v) is 7.26. The molecular formula is C23H23ClN4O3. The van der Waals surface area contributed by atoms with Gasteiger partial charge in [0.15, 0.2) is 0 Å². The van der Waals surface area contributed by atoms with E-state index in [9.17, 15) is 9.59 Å². The minimum atomic E-state index is -0.404. The number of hydrogen-bond acceptors (Lipinski definition) is 5. The number of carbonyl (C=O) groups excluding carboxylic acids is 2. The van der Waals surface area contributed by atoms with Gasteiger partial charge >= 0.3 is 5.97 Å². The fourth-order valence-electron chi connectivity index (χ4n) is 3.20. The molecule has 0 saturated carbocycles. The minimum Gasteiger partial charge on any atom is -0.465 e. The van der Waals surface area contributed by atoms with Crippen LogP contribution in [0.4, 0.5) is 5.69 Å². The number of para-hydroxylation sites is 1. The lowest BCUT2D eigenvalue weighted by Crippen LogP contribution is -2.25. The molecule has 0 fully saturated rings. The molecule has 0 unspecified atom stereocenters. The second-order valence-electron chi connectivity index (χ2n) is 6.82. The van der Waals surface area contributed by atoms with Crippen molar-refractivity contribution in [3.05, 3.63) is 82.1 Å². The Morgan fingerprint density at radius 2 is 1.84 bits per heavy atom. The maximum Gasteiger partial charge on any atom is 0.339 e. The summed E-state index contributed by atoms with van der Waals surface area (Å²) >= 11 is 5.85. The van der Waals surface area contributed by atoms with Crippen LogP contribution in [0.3, 0.4) is 0 Å². The summed E-state index contributed by atoms with van der Waals surface area (Å²) in [6.45, 7) is 3.93. The van der Waals surface area contributed by atoms with Crippen molar-refractivity contribution >= 4 is 35.4 Å². The summed E-state index contributed by atoms with van der Waals surface area (Å²) < 4.78 is 6.85. The van der Waals surface area contributed by atoms with Crippen molar-refractivity contribution in [2.75, 3.05) is 19.0 Å². The average Bonchev–Trinajstić information content (AvgIpc) is 3.05. The summed E-state index contributed by atoms with van der Waals surface area (Å²) in [5, 5.41) is 7.69. The van der Waals surface area contributed by atoms with E-state index in [4.69, 9.17) is 16.3 Å². The van der Waals surface area contributed by atoms with Crippen molar-refractivity contribution < 1.29 is 14.3 Å². The van der Waals surface area contributed by atoms with Gasteiger partial charge in [-0.25, -0.2) is 10.2 Å². The third-order valence-corrected chi connectivity index (χ3v) is 4.96. The van der Waals surface area contributed by atoms with E-state index in [1.165, 1.54) is 7.11 Å². The molecule has 0 spiro atoms. The smallest absolute Gasteiger partial charge is 0.339 e. The fraction of sp³-hybridized carbons (Fsp3) is 0.174. The summed E-state index contributed by atoms with van der Waals surface area (Å²) in [7, 11) is 1.36. The monoisotopic (exact) mass is 438 g/mol. The molecular weight excluding hydrogens is 416 g/mol. The molecule has 2 N–H and O–H groups in total. The lowest BCUT2D eigenvalue weighted by Gasteiger charge is -2.13. The number of benzene rings is 2. The Hall–Kier alpha value is -3.58. The molecule has 7 nitrogen and oxygen atoms in total. The zero-order chi connectivity index (χ0) is 22.4. The number of anilines is 1. The molecule has 0 aliphatic carbocycles. The zero-order valence-electron chi connectivity index (χ0n) is 17.5. The van der Waals surface area contributed by atoms with E-state index < -0.39 is 5.97 Å². The molecule has 8 heteroatoms. The van der Waals surface area contributed by atoms with Crippen LogP contribution in [-0.4, -0.2) is 36.3 Å². The molecule has 0 atom stereocenters. The summed E-state index contributed by atoms with van der Waals surface area (Å²) in [6, 6.07) is 16.2. The van der Waals surface area contributed by atoms with E-state index in [2.05, 4.69) is 15.8 Å². The molecule has 0 bridgehead atoms. The van der Waals surface area contributed by atoms with Gasteiger partial charge in [-0.2, -0.15) is 5.10 Å². The highest BCUT2D eigenvalue weighted by molar-refractivity contribution is 6.30. The SMILES string of the molecule is COC(=O)c1ccccc1-n1c(C)cc(/C=N\NC(=O)CNc2ccc(Cl)cc2)c1C. The Morgan fingerprint density at radius 1 is 1.13 bits per heavy atom. The quantitative estimate of drug-likeness (QED) is 0.330. The molecule has 160 valence electrons. The molecule has 2 aromatic carbocycles. The number of aryl methyl sites for hydroxylation is 1. The minimum absolute atomic E-state index is 0.0739. The van der Waals surface area contributed by atoms with Gasteiger partial charge in [0.1, 0.15) is 0 Å². The van der Waals surface area contributed by atoms with Gasteiger partial charge in [0, 0.05) is 27.7 Å². The number of ether oxygens (including phenoxy) is 1. The van der Waals surface area contributed by atoms with Crippen molar-refractivity contribution in [2.24, 2.45) is 5.10 Å². The molecule has 0 saturated heterocycles. The molecule has 31 heavy (non-hydrogen) atoms. The van der Waals surface area contributed by atoms with Crippen LogP contribution in [-0.2, 0) is 9.53 Å². The van der Waals surface area contributed by atoms with Crippen molar-refractivity contribution in [1.82, 2.24) is 9.99 Å². The van der Waals surface area contributed by atoms with Gasteiger partial charge in [-0.1, -0.05) is 23.7 Å². The van der Waals surface area contributed by atoms with Gasteiger partial charge in [0.25, 0.3) is 5.91 Å². The number of amides is 1. The lowest BCUT2D eigenvalue weighted by molar-refractivity contribution is -0.119. The molecule has 3 rings (SSSR count). The Morgan fingerprint density at radius 3 is 2.55 bits per heavy atom. The Kier molecular flexibility index (Phi) is 7.10. The first kappa shape index (κ1) is 22.1. The molecule has 0 aliphatic rings. The highest BCUT2D eigenvalue weighted by Crippen LogP contribution is 2.23. The number of aromatic nitrogens is 1. The van der Waals surface area contributed by atoms with Crippen LogP contribution in [0.15, 0.2) is 59.7 Å². The lowest BCUT2D eigenvalue weighted by atomic mass is 10.1. The fourth-order valence-corrected chi connectivity index (χ4v) is 3.33. The highest BCUT2D eigenvalue weighted by Gasteiger charge is 2.17. The number of nitrogens with one attached hydrogen (secondary N) is 2. The predicted octanol–water partition coefficient (Wildman–Crippen LogP) is 4.10. The van der Waals surface area contributed by atoms with E-state index in [0.29, 0.717) is 10.6 Å². The zero-order valence-corrected chi connectivity index (χ0v) is 18.2. The normalized spacial score (nSPS) is 10.8. The number of halogens is 1. The van der Waals surface area contributed by atoms with E-state index in [0.717, 1.165) is 28.3 Å². The third-order valence-electron chi connectivity index (χ3n) is 4.71. The van der Waals surface area contributed by atoms with Crippen molar-refractivity contribution in [2.45, 2.75) is 13.8 Å². The Balaban J connectivity index is 1.70. The van der Waals surface area contributed by atoms with Gasteiger partial charge in [-0.3, -0.25) is 4.79 Å². The molecule has 3 aromatic rings. The predicted molar refractivity (Wildman–Crippen MR) is 122 cm³/mol. The first-order valence-electron chi connectivity index (χ1n) is 9.58. The second kappa shape index (κ2) is 9.95. The number of hydrazone groups is 1. The van der Waals surface area contributed by atoms with E-state index in [1.807, 2.05) is 36.6 Å². The van der Waals surface area contributed by atoms with Crippen molar-refractivity contribution in [3.8, 4) is 5.69 Å². The first-order chi connectivity index (χ1) is 14.9. The third kappa shape index (κ3) is 5.32. The van der Waals surface area contributed by atoms with E-state index in [-0.39, 0.29) is 12.5 Å². The number of carbonyl (C=O) groups is 2.